The molecule has 1 aliphatic rings. The van der Waals surface area contributed by atoms with Gasteiger partial charge in [0.25, 0.3) is 0 Å². The van der Waals surface area contributed by atoms with Gasteiger partial charge in [-0.3, -0.25) is 0 Å². The SMILES string of the molecule is COC1CN(c2n[nH]c(N)n2)CCC1C. The number of aromatic amines is 1. The van der Waals surface area contributed by atoms with Crippen LogP contribution in [0.4, 0.5) is 11.9 Å². The van der Waals surface area contributed by atoms with Gasteiger partial charge in [-0.05, 0) is 12.3 Å². The maximum Gasteiger partial charge on any atom is 0.246 e. The quantitative estimate of drug-likeness (QED) is 0.733. The summed E-state index contributed by atoms with van der Waals surface area (Å²) in [5.74, 6) is 1.61. The van der Waals surface area contributed by atoms with E-state index in [9.17, 15) is 0 Å². The molecule has 0 aromatic carbocycles. The summed E-state index contributed by atoms with van der Waals surface area (Å²) >= 11 is 0. The van der Waals surface area contributed by atoms with Crippen LogP contribution in [0.3, 0.4) is 0 Å². The predicted octanol–water partition coefficient (Wildman–Crippen LogP) is 0.248. The highest BCUT2D eigenvalue weighted by atomic mass is 16.5. The smallest absolute Gasteiger partial charge is 0.246 e. The lowest BCUT2D eigenvalue weighted by molar-refractivity contribution is 0.0494. The largest absolute Gasteiger partial charge is 0.379 e. The third-order valence-corrected chi connectivity index (χ3v) is 2.97. The summed E-state index contributed by atoms with van der Waals surface area (Å²) in [6.07, 6.45) is 1.34. The van der Waals surface area contributed by atoms with Crippen molar-refractivity contribution in [3.63, 3.8) is 0 Å². The van der Waals surface area contributed by atoms with Crippen molar-refractivity contribution < 1.29 is 4.74 Å². The fourth-order valence-corrected chi connectivity index (χ4v) is 1.93. The van der Waals surface area contributed by atoms with Crippen LogP contribution < -0.4 is 10.6 Å². The zero-order valence-electron chi connectivity index (χ0n) is 9.10. The highest BCUT2D eigenvalue weighted by Gasteiger charge is 2.27. The standard InChI is InChI=1S/C9H17N5O/c1-6-3-4-14(5-7(6)15-2)9-11-8(10)12-13-9/h6-7H,3-5H2,1-2H3,(H3,10,11,12,13). The molecule has 3 N–H and O–H groups in total. The number of aromatic nitrogens is 3. The number of rotatable bonds is 2. The molecule has 1 saturated heterocycles. The van der Waals surface area contributed by atoms with Gasteiger partial charge >= 0.3 is 0 Å². The van der Waals surface area contributed by atoms with E-state index in [4.69, 9.17) is 10.5 Å². The molecule has 84 valence electrons. The highest BCUT2D eigenvalue weighted by molar-refractivity contribution is 5.34. The maximum absolute atomic E-state index is 5.49. The number of nitrogens with two attached hydrogens (primary N) is 1. The van der Waals surface area contributed by atoms with Gasteiger partial charge in [0.2, 0.25) is 11.9 Å². The Morgan fingerprint density at radius 1 is 1.60 bits per heavy atom. The summed E-state index contributed by atoms with van der Waals surface area (Å²) in [7, 11) is 1.75. The van der Waals surface area contributed by atoms with Crippen LogP contribution in [0.25, 0.3) is 0 Å². The number of ether oxygens (including phenoxy) is 1. The molecular formula is C9H17N5O. The molecule has 0 spiro atoms. The fourth-order valence-electron chi connectivity index (χ4n) is 1.93. The summed E-state index contributed by atoms with van der Waals surface area (Å²) in [6.45, 7) is 3.99. The lowest BCUT2D eigenvalue weighted by Gasteiger charge is -2.35. The first-order valence-corrected chi connectivity index (χ1v) is 5.16. The number of nitrogens with zero attached hydrogens (tertiary/aromatic N) is 3. The first kappa shape index (κ1) is 10.2. The van der Waals surface area contributed by atoms with Crippen LogP contribution in [-0.2, 0) is 4.74 Å². The van der Waals surface area contributed by atoms with Crippen molar-refractivity contribution in [1.29, 1.82) is 0 Å². The number of nitrogens with one attached hydrogen (secondary N) is 1. The van der Waals surface area contributed by atoms with Gasteiger partial charge in [0.15, 0.2) is 0 Å². The molecule has 6 nitrogen and oxygen atoms in total. The normalized spacial score (nSPS) is 26.9. The molecule has 2 rings (SSSR count). The molecule has 2 unspecified atom stereocenters. The topological polar surface area (TPSA) is 80.1 Å². The number of methoxy groups -OCH3 is 1. The minimum atomic E-state index is 0.249. The Labute approximate surface area is 88.8 Å². The minimum absolute atomic E-state index is 0.249. The van der Waals surface area contributed by atoms with E-state index < -0.39 is 0 Å². The van der Waals surface area contributed by atoms with Gasteiger partial charge in [-0.2, -0.15) is 4.98 Å². The molecule has 1 fully saturated rings. The van der Waals surface area contributed by atoms with E-state index in [-0.39, 0.29) is 6.10 Å². The van der Waals surface area contributed by atoms with Gasteiger partial charge < -0.3 is 15.4 Å². The van der Waals surface area contributed by atoms with E-state index in [0.717, 1.165) is 19.5 Å². The summed E-state index contributed by atoms with van der Waals surface area (Å²) in [5, 5.41) is 6.69. The van der Waals surface area contributed by atoms with E-state index in [2.05, 4.69) is 27.0 Å². The van der Waals surface area contributed by atoms with Gasteiger partial charge in [0.1, 0.15) is 0 Å². The highest BCUT2D eigenvalue weighted by Crippen LogP contribution is 2.22. The van der Waals surface area contributed by atoms with Crippen LogP contribution in [0, 0.1) is 5.92 Å². The molecule has 2 atom stereocenters. The molecule has 6 heteroatoms. The van der Waals surface area contributed by atoms with Crippen molar-refractivity contribution in [2.24, 2.45) is 5.92 Å². The second-order valence-electron chi connectivity index (χ2n) is 4.01. The Bertz CT molecular complexity index is 326. The molecule has 0 radical (unpaired) electrons. The van der Waals surface area contributed by atoms with Gasteiger partial charge in [-0.15, -0.1) is 5.10 Å². The van der Waals surface area contributed by atoms with E-state index in [1.807, 2.05) is 0 Å². The second kappa shape index (κ2) is 4.06. The van der Waals surface area contributed by atoms with E-state index in [1.54, 1.807) is 7.11 Å². The van der Waals surface area contributed by atoms with Crippen LogP contribution in [0.1, 0.15) is 13.3 Å². The Kier molecular flexibility index (Phi) is 2.77. The summed E-state index contributed by atoms with van der Waals surface area (Å²) in [4.78, 5) is 6.21. The maximum atomic E-state index is 5.49. The van der Waals surface area contributed by atoms with Gasteiger partial charge in [0.05, 0.1) is 6.10 Å². The van der Waals surface area contributed by atoms with Crippen molar-refractivity contribution in [2.75, 3.05) is 30.8 Å². The molecule has 0 amide bonds. The Morgan fingerprint density at radius 3 is 3.00 bits per heavy atom. The first-order valence-electron chi connectivity index (χ1n) is 5.16. The average Bonchev–Trinajstić information content (AvgIpc) is 2.66. The third-order valence-electron chi connectivity index (χ3n) is 2.97. The summed E-state index contributed by atoms with van der Waals surface area (Å²) in [6, 6.07) is 0. The Balaban J connectivity index is 2.06. The monoisotopic (exact) mass is 211 g/mol. The molecule has 1 aromatic heterocycles. The van der Waals surface area contributed by atoms with Crippen molar-refractivity contribution in [3.8, 4) is 0 Å². The van der Waals surface area contributed by atoms with Crippen molar-refractivity contribution >= 4 is 11.9 Å². The number of hydrogen-bond acceptors (Lipinski definition) is 5. The van der Waals surface area contributed by atoms with Crippen molar-refractivity contribution in [1.82, 2.24) is 15.2 Å². The summed E-state index contributed by atoms with van der Waals surface area (Å²) in [5.41, 5.74) is 5.49. The fraction of sp³-hybridized carbons (Fsp3) is 0.778. The number of piperidine rings is 1. The third kappa shape index (κ3) is 2.04. The van der Waals surface area contributed by atoms with Crippen LogP contribution in [0.5, 0.6) is 0 Å². The van der Waals surface area contributed by atoms with Crippen LogP contribution in [0.2, 0.25) is 0 Å². The zero-order valence-corrected chi connectivity index (χ0v) is 9.10. The molecule has 15 heavy (non-hydrogen) atoms. The molecule has 0 saturated carbocycles. The number of anilines is 2. The molecule has 1 aliphatic heterocycles. The second-order valence-corrected chi connectivity index (χ2v) is 4.01. The van der Waals surface area contributed by atoms with Crippen LogP contribution in [-0.4, -0.2) is 41.5 Å². The van der Waals surface area contributed by atoms with Crippen LogP contribution in [0.15, 0.2) is 0 Å². The number of nitrogen functional groups attached to an aromatic ring is 1. The van der Waals surface area contributed by atoms with E-state index in [1.165, 1.54) is 0 Å². The first-order chi connectivity index (χ1) is 7.20. The van der Waals surface area contributed by atoms with E-state index >= 15 is 0 Å². The van der Waals surface area contributed by atoms with Crippen molar-refractivity contribution in [2.45, 2.75) is 19.4 Å². The number of hydrogen-bond donors (Lipinski definition) is 2. The molecule has 0 aliphatic carbocycles. The lowest BCUT2D eigenvalue weighted by atomic mass is 9.96. The van der Waals surface area contributed by atoms with Crippen molar-refractivity contribution in [3.05, 3.63) is 0 Å². The summed E-state index contributed by atoms with van der Waals surface area (Å²) < 4.78 is 5.42. The van der Waals surface area contributed by atoms with E-state index in [0.29, 0.717) is 17.8 Å². The molecular weight excluding hydrogens is 194 g/mol. The lowest BCUT2D eigenvalue weighted by Crippen LogP contribution is -2.44. The van der Waals surface area contributed by atoms with Crippen LogP contribution >= 0.6 is 0 Å². The molecule has 0 bridgehead atoms. The van der Waals surface area contributed by atoms with Gasteiger partial charge in [-0.25, -0.2) is 5.10 Å². The Morgan fingerprint density at radius 2 is 2.40 bits per heavy atom. The molecule has 1 aromatic rings. The van der Waals surface area contributed by atoms with Gasteiger partial charge in [-0.1, -0.05) is 6.92 Å². The number of H-pyrrole nitrogens is 1. The van der Waals surface area contributed by atoms with Gasteiger partial charge in [0, 0.05) is 20.2 Å². The zero-order chi connectivity index (χ0) is 10.8. The molecule has 2 heterocycles. The Hall–Kier alpha value is -1.30. The average molecular weight is 211 g/mol. The minimum Gasteiger partial charge on any atom is -0.379 e. The predicted molar refractivity (Wildman–Crippen MR) is 57.6 cm³/mol.